The number of nitro benzene ring substituents is 1. The van der Waals surface area contributed by atoms with E-state index in [0.29, 0.717) is 10.9 Å². The first-order chi connectivity index (χ1) is 10.4. The number of hydrogen-bond acceptors (Lipinski definition) is 4. The van der Waals surface area contributed by atoms with E-state index < -0.39 is 14.9 Å². The highest BCUT2D eigenvalue weighted by Crippen LogP contribution is 2.25. The highest BCUT2D eigenvalue weighted by molar-refractivity contribution is 7.90. The zero-order chi connectivity index (χ0) is 15.9. The number of nitrogens with zero attached hydrogens (tertiary/aromatic N) is 2. The second-order valence-corrected chi connectivity index (χ2v) is 6.74. The van der Waals surface area contributed by atoms with Gasteiger partial charge >= 0.3 is 0 Å². The van der Waals surface area contributed by atoms with Gasteiger partial charge in [0.15, 0.2) is 0 Å². The van der Waals surface area contributed by atoms with Crippen molar-refractivity contribution in [2.45, 2.75) is 11.8 Å². The van der Waals surface area contributed by atoms with Gasteiger partial charge in [0.25, 0.3) is 15.7 Å². The molecule has 7 heteroatoms. The van der Waals surface area contributed by atoms with Crippen LogP contribution in [-0.2, 0) is 10.0 Å². The monoisotopic (exact) mass is 316 g/mol. The van der Waals surface area contributed by atoms with Crippen molar-refractivity contribution in [2.24, 2.45) is 0 Å². The zero-order valence-corrected chi connectivity index (χ0v) is 12.4. The average molecular weight is 316 g/mol. The standard InChI is InChI=1S/C15H12N2O4S/c1-11-2-5-14(6-3-11)22(20,21)16-9-8-12-10-13(17(18)19)4-7-15(12)16/h2-10H,1H3. The van der Waals surface area contributed by atoms with Crippen LogP contribution in [-0.4, -0.2) is 17.3 Å². The van der Waals surface area contributed by atoms with Gasteiger partial charge in [-0.25, -0.2) is 12.4 Å². The van der Waals surface area contributed by atoms with E-state index in [-0.39, 0.29) is 10.6 Å². The number of non-ortho nitro benzene ring substituents is 1. The number of aromatic nitrogens is 1. The molecule has 3 aromatic rings. The normalized spacial score (nSPS) is 11.7. The summed E-state index contributed by atoms with van der Waals surface area (Å²) in [4.78, 5) is 10.4. The van der Waals surface area contributed by atoms with Gasteiger partial charge < -0.3 is 0 Å². The Labute approximate surface area is 126 Å². The van der Waals surface area contributed by atoms with E-state index in [2.05, 4.69) is 0 Å². The molecule has 3 rings (SSSR count). The molecule has 0 N–H and O–H groups in total. The molecule has 0 unspecified atom stereocenters. The van der Waals surface area contributed by atoms with Crippen molar-refractivity contribution >= 4 is 26.6 Å². The van der Waals surface area contributed by atoms with Gasteiger partial charge in [0.2, 0.25) is 0 Å². The van der Waals surface area contributed by atoms with Crippen LogP contribution in [0.25, 0.3) is 10.9 Å². The first-order valence-electron chi connectivity index (χ1n) is 6.47. The number of nitro groups is 1. The molecule has 0 amide bonds. The fourth-order valence-electron chi connectivity index (χ4n) is 2.25. The molecule has 0 saturated carbocycles. The SMILES string of the molecule is Cc1ccc(S(=O)(=O)n2ccc3cc([N+](=O)[O-])ccc32)cc1. The molecule has 0 aliphatic carbocycles. The Bertz CT molecular complexity index is 972. The molecule has 6 nitrogen and oxygen atoms in total. The first kappa shape index (κ1) is 14.3. The summed E-state index contributed by atoms with van der Waals surface area (Å²) in [6.45, 7) is 1.88. The van der Waals surface area contributed by atoms with Crippen molar-refractivity contribution in [3.05, 3.63) is 70.4 Å². The Morgan fingerprint density at radius 3 is 2.36 bits per heavy atom. The molecule has 0 saturated heterocycles. The van der Waals surface area contributed by atoms with Gasteiger partial charge in [-0.3, -0.25) is 10.1 Å². The van der Waals surface area contributed by atoms with Gasteiger partial charge in [0, 0.05) is 23.7 Å². The fraction of sp³-hybridized carbons (Fsp3) is 0.0667. The van der Waals surface area contributed by atoms with Crippen LogP contribution < -0.4 is 0 Å². The first-order valence-corrected chi connectivity index (χ1v) is 7.91. The summed E-state index contributed by atoms with van der Waals surface area (Å²) in [6, 6.07) is 12.2. The molecule has 0 radical (unpaired) electrons. The molecule has 1 heterocycles. The smallest absolute Gasteiger partial charge is 0.258 e. The Morgan fingerprint density at radius 2 is 1.73 bits per heavy atom. The predicted molar refractivity (Wildman–Crippen MR) is 82.4 cm³/mol. The largest absolute Gasteiger partial charge is 0.270 e. The number of rotatable bonds is 3. The van der Waals surface area contributed by atoms with E-state index in [1.54, 1.807) is 30.3 Å². The second kappa shape index (κ2) is 4.96. The molecule has 0 spiro atoms. The molecule has 112 valence electrons. The fourth-order valence-corrected chi connectivity index (χ4v) is 3.60. The summed E-state index contributed by atoms with van der Waals surface area (Å²) in [7, 11) is -3.73. The van der Waals surface area contributed by atoms with E-state index in [9.17, 15) is 18.5 Å². The molecule has 0 aliphatic heterocycles. The minimum absolute atomic E-state index is 0.0713. The third-order valence-electron chi connectivity index (χ3n) is 3.43. The molecule has 0 atom stereocenters. The summed E-state index contributed by atoms with van der Waals surface area (Å²) >= 11 is 0. The maximum absolute atomic E-state index is 12.7. The quantitative estimate of drug-likeness (QED) is 0.549. The van der Waals surface area contributed by atoms with Gasteiger partial charge in [-0.05, 0) is 31.2 Å². The predicted octanol–water partition coefficient (Wildman–Crippen LogP) is 3.09. The minimum atomic E-state index is -3.73. The summed E-state index contributed by atoms with van der Waals surface area (Å²) in [5.74, 6) is 0. The van der Waals surface area contributed by atoms with Gasteiger partial charge in [0.1, 0.15) is 0 Å². The number of hydrogen-bond donors (Lipinski definition) is 0. The van der Waals surface area contributed by atoms with Crippen molar-refractivity contribution in [1.29, 1.82) is 0 Å². The Kier molecular flexibility index (Phi) is 3.22. The lowest BCUT2D eigenvalue weighted by molar-refractivity contribution is -0.384. The third-order valence-corrected chi connectivity index (χ3v) is 5.13. The zero-order valence-electron chi connectivity index (χ0n) is 11.6. The Morgan fingerprint density at radius 1 is 1.05 bits per heavy atom. The molecule has 0 bridgehead atoms. The van der Waals surface area contributed by atoms with Crippen LogP contribution in [0.2, 0.25) is 0 Å². The molecule has 0 aliphatic rings. The van der Waals surface area contributed by atoms with E-state index in [1.807, 2.05) is 6.92 Å². The molecule has 22 heavy (non-hydrogen) atoms. The van der Waals surface area contributed by atoms with Gasteiger partial charge in [0.05, 0.1) is 15.3 Å². The van der Waals surface area contributed by atoms with Crippen molar-refractivity contribution in [3.8, 4) is 0 Å². The van der Waals surface area contributed by atoms with E-state index in [0.717, 1.165) is 9.54 Å². The maximum atomic E-state index is 12.7. The number of fused-ring (bicyclic) bond motifs is 1. The van der Waals surface area contributed by atoms with Crippen LogP contribution in [0, 0.1) is 17.0 Å². The molecular weight excluding hydrogens is 304 g/mol. The van der Waals surface area contributed by atoms with Crippen LogP contribution in [0.15, 0.2) is 59.6 Å². The third kappa shape index (κ3) is 2.25. The number of aryl methyl sites for hydroxylation is 1. The molecule has 2 aromatic carbocycles. The van der Waals surface area contributed by atoms with Crippen molar-refractivity contribution in [2.75, 3.05) is 0 Å². The van der Waals surface area contributed by atoms with Crippen molar-refractivity contribution in [3.63, 3.8) is 0 Å². The summed E-state index contributed by atoms with van der Waals surface area (Å²) < 4.78 is 26.5. The minimum Gasteiger partial charge on any atom is -0.258 e. The van der Waals surface area contributed by atoms with Crippen molar-refractivity contribution in [1.82, 2.24) is 3.97 Å². The van der Waals surface area contributed by atoms with E-state index in [4.69, 9.17) is 0 Å². The van der Waals surface area contributed by atoms with Crippen LogP contribution in [0.5, 0.6) is 0 Å². The molecule has 0 fully saturated rings. The lowest BCUT2D eigenvalue weighted by Crippen LogP contribution is -2.11. The lowest BCUT2D eigenvalue weighted by Gasteiger charge is -2.07. The van der Waals surface area contributed by atoms with Crippen LogP contribution in [0.1, 0.15) is 5.56 Å². The summed E-state index contributed by atoms with van der Waals surface area (Å²) in [5.41, 5.74) is 1.30. The van der Waals surface area contributed by atoms with Crippen LogP contribution >= 0.6 is 0 Å². The maximum Gasteiger partial charge on any atom is 0.270 e. The molecular formula is C15H12N2O4S. The lowest BCUT2D eigenvalue weighted by atomic mass is 10.2. The topological polar surface area (TPSA) is 82.2 Å². The van der Waals surface area contributed by atoms with E-state index in [1.165, 1.54) is 24.4 Å². The van der Waals surface area contributed by atoms with Gasteiger partial charge in [-0.15, -0.1) is 0 Å². The van der Waals surface area contributed by atoms with Gasteiger partial charge in [-0.1, -0.05) is 17.7 Å². The number of benzene rings is 2. The average Bonchev–Trinajstić information content (AvgIpc) is 2.91. The second-order valence-electron chi connectivity index (χ2n) is 4.93. The van der Waals surface area contributed by atoms with E-state index >= 15 is 0 Å². The highest BCUT2D eigenvalue weighted by Gasteiger charge is 2.19. The molecule has 1 aromatic heterocycles. The van der Waals surface area contributed by atoms with Crippen LogP contribution in [0.4, 0.5) is 5.69 Å². The summed E-state index contributed by atoms with van der Waals surface area (Å²) in [5, 5.41) is 11.3. The highest BCUT2D eigenvalue weighted by atomic mass is 32.2. The Balaban J connectivity index is 2.17. The van der Waals surface area contributed by atoms with Crippen molar-refractivity contribution < 1.29 is 13.3 Å². The van der Waals surface area contributed by atoms with Gasteiger partial charge in [-0.2, -0.15) is 0 Å². The van der Waals surface area contributed by atoms with Crippen LogP contribution in [0.3, 0.4) is 0 Å². The Hall–Kier alpha value is -2.67. The summed E-state index contributed by atoms with van der Waals surface area (Å²) in [6.07, 6.45) is 1.41.